The number of rotatable bonds is 4. The minimum absolute atomic E-state index is 0.0824. The van der Waals surface area contributed by atoms with Crippen LogP contribution in [-0.4, -0.2) is 30.6 Å². The van der Waals surface area contributed by atoms with E-state index in [4.69, 9.17) is 4.74 Å². The highest BCUT2D eigenvalue weighted by molar-refractivity contribution is 5.72. The summed E-state index contributed by atoms with van der Waals surface area (Å²) in [6, 6.07) is 9.20. The molecule has 1 aromatic carbocycles. The SMILES string of the molecule is CCOC(=O)CC1=C(CC)CN2CCc3ccccc3C2C1. The van der Waals surface area contributed by atoms with Gasteiger partial charge in [0.25, 0.3) is 0 Å². The molecule has 0 saturated carbocycles. The lowest BCUT2D eigenvalue weighted by atomic mass is 9.82. The molecule has 0 saturated heterocycles. The number of esters is 1. The van der Waals surface area contributed by atoms with E-state index < -0.39 is 0 Å². The largest absolute Gasteiger partial charge is 0.466 e. The van der Waals surface area contributed by atoms with Crippen LogP contribution in [0, 0.1) is 0 Å². The highest BCUT2D eigenvalue weighted by Crippen LogP contribution is 2.40. The molecule has 0 spiro atoms. The van der Waals surface area contributed by atoms with Crippen molar-refractivity contribution < 1.29 is 9.53 Å². The number of ether oxygens (including phenoxy) is 1. The number of fused-ring (bicyclic) bond motifs is 3. The number of carbonyl (C=O) groups excluding carboxylic acids is 1. The smallest absolute Gasteiger partial charge is 0.309 e. The molecule has 22 heavy (non-hydrogen) atoms. The normalized spacial score (nSPS) is 21.3. The van der Waals surface area contributed by atoms with Crippen LogP contribution in [0.5, 0.6) is 0 Å². The van der Waals surface area contributed by atoms with E-state index in [2.05, 4.69) is 36.1 Å². The van der Waals surface area contributed by atoms with Gasteiger partial charge in [0, 0.05) is 19.1 Å². The molecule has 2 aliphatic rings. The monoisotopic (exact) mass is 299 g/mol. The second kappa shape index (κ2) is 6.66. The van der Waals surface area contributed by atoms with Gasteiger partial charge in [-0.15, -0.1) is 0 Å². The lowest BCUT2D eigenvalue weighted by Crippen LogP contribution is -2.40. The first kappa shape index (κ1) is 15.3. The molecule has 0 aromatic heterocycles. The summed E-state index contributed by atoms with van der Waals surface area (Å²) in [5.74, 6) is -0.0824. The molecule has 0 aliphatic carbocycles. The van der Waals surface area contributed by atoms with Crippen LogP contribution in [-0.2, 0) is 16.0 Å². The first-order valence-corrected chi connectivity index (χ1v) is 8.40. The van der Waals surface area contributed by atoms with Crippen LogP contribution in [0.2, 0.25) is 0 Å². The van der Waals surface area contributed by atoms with E-state index in [1.165, 1.54) is 22.3 Å². The van der Waals surface area contributed by atoms with Gasteiger partial charge < -0.3 is 4.74 Å². The van der Waals surface area contributed by atoms with Gasteiger partial charge in [-0.05, 0) is 37.3 Å². The Bertz CT molecular complexity index is 591. The van der Waals surface area contributed by atoms with Gasteiger partial charge in [-0.2, -0.15) is 0 Å². The van der Waals surface area contributed by atoms with Gasteiger partial charge in [-0.3, -0.25) is 9.69 Å². The van der Waals surface area contributed by atoms with Gasteiger partial charge in [0.15, 0.2) is 0 Å². The molecule has 1 aromatic rings. The maximum absolute atomic E-state index is 11.9. The fourth-order valence-corrected chi connectivity index (χ4v) is 3.81. The van der Waals surface area contributed by atoms with Gasteiger partial charge in [0.05, 0.1) is 13.0 Å². The highest BCUT2D eigenvalue weighted by atomic mass is 16.5. The lowest BCUT2D eigenvalue weighted by Gasteiger charge is -2.42. The quantitative estimate of drug-likeness (QED) is 0.628. The third kappa shape index (κ3) is 2.95. The summed E-state index contributed by atoms with van der Waals surface area (Å²) < 4.78 is 5.16. The molecule has 1 unspecified atom stereocenters. The summed E-state index contributed by atoms with van der Waals surface area (Å²) >= 11 is 0. The summed E-state index contributed by atoms with van der Waals surface area (Å²) in [7, 11) is 0. The summed E-state index contributed by atoms with van der Waals surface area (Å²) in [6.45, 7) is 6.65. The van der Waals surface area contributed by atoms with Crippen LogP contribution < -0.4 is 0 Å². The van der Waals surface area contributed by atoms with Gasteiger partial charge in [0.1, 0.15) is 0 Å². The first-order chi connectivity index (χ1) is 10.7. The predicted octanol–water partition coefficient (Wildman–Crippen LogP) is 3.65. The molecule has 118 valence electrons. The van der Waals surface area contributed by atoms with Crippen molar-refractivity contribution in [1.82, 2.24) is 4.90 Å². The van der Waals surface area contributed by atoms with Crippen molar-refractivity contribution in [3.63, 3.8) is 0 Å². The molecule has 0 N–H and O–H groups in total. The van der Waals surface area contributed by atoms with Gasteiger partial charge in [-0.25, -0.2) is 0 Å². The van der Waals surface area contributed by atoms with Crippen LogP contribution in [0.1, 0.15) is 50.3 Å². The summed E-state index contributed by atoms with van der Waals surface area (Å²) in [6.07, 6.45) is 3.60. The van der Waals surface area contributed by atoms with Crippen LogP contribution in [0.25, 0.3) is 0 Å². The van der Waals surface area contributed by atoms with Crippen LogP contribution in [0.15, 0.2) is 35.4 Å². The average Bonchev–Trinajstić information content (AvgIpc) is 2.54. The number of nitrogens with zero attached hydrogens (tertiary/aromatic N) is 1. The minimum atomic E-state index is -0.0824. The Hall–Kier alpha value is -1.61. The Balaban J connectivity index is 1.85. The molecule has 0 fully saturated rings. The zero-order valence-corrected chi connectivity index (χ0v) is 13.6. The molecular formula is C19H25NO2. The second-order valence-corrected chi connectivity index (χ2v) is 6.18. The van der Waals surface area contributed by atoms with E-state index >= 15 is 0 Å². The van der Waals surface area contributed by atoms with Crippen molar-refractivity contribution >= 4 is 5.97 Å². The van der Waals surface area contributed by atoms with Crippen LogP contribution in [0.4, 0.5) is 0 Å². The molecule has 1 atom stereocenters. The number of hydrogen-bond acceptors (Lipinski definition) is 3. The van der Waals surface area contributed by atoms with E-state index in [0.29, 0.717) is 19.1 Å². The number of hydrogen-bond donors (Lipinski definition) is 0. The number of benzene rings is 1. The van der Waals surface area contributed by atoms with Crippen LogP contribution in [0.3, 0.4) is 0 Å². The molecule has 3 rings (SSSR count). The molecule has 3 nitrogen and oxygen atoms in total. The van der Waals surface area contributed by atoms with Crippen molar-refractivity contribution in [2.45, 2.75) is 45.6 Å². The van der Waals surface area contributed by atoms with E-state index in [1.54, 1.807) is 0 Å². The fraction of sp³-hybridized carbons (Fsp3) is 0.526. The second-order valence-electron chi connectivity index (χ2n) is 6.18. The minimum Gasteiger partial charge on any atom is -0.466 e. The standard InChI is InChI=1S/C19H25NO2/c1-3-14-13-20-10-9-15-7-5-6-8-17(15)18(20)11-16(14)12-19(21)22-4-2/h5-8,18H,3-4,9-13H2,1-2H3. The zero-order valence-electron chi connectivity index (χ0n) is 13.6. The maximum atomic E-state index is 11.9. The summed E-state index contributed by atoms with van der Waals surface area (Å²) in [4.78, 5) is 14.5. The summed E-state index contributed by atoms with van der Waals surface area (Å²) in [5.41, 5.74) is 5.66. The Morgan fingerprint density at radius 3 is 2.86 bits per heavy atom. The van der Waals surface area contributed by atoms with Crippen molar-refractivity contribution in [1.29, 1.82) is 0 Å². The Labute approximate surface area is 133 Å². The third-order valence-electron chi connectivity index (χ3n) is 4.95. The van der Waals surface area contributed by atoms with E-state index in [0.717, 1.165) is 32.4 Å². The lowest BCUT2D eigenvalue weighted by molar-refractivity contribution is -0.142. The molecule has 3 heteroatoms. The molecule has 0 amide bonds. The third-order valence-corrected chi connectivity index (χ3v) is 4.95. The van der Waals surface area contributed by atoms with E-state index in [1.807, 2.05) is 6.92 Å². The molecule has 2 aliphatic heterocycles. The number of carbonyl (C=O) groups is 1. The van der Waals surface area contributed by atoms with Crippen molar-refractivity contribution in [2.24, 2.45) is 0 Å². The molecule has 0 radical (unpaired) electrons. The van der Waals surface area contributed by atoms with Crippen LogP contribution >= 0.6 is 0 Å². The predicted molar refractivity (Wildman–Crippen MR) is 87.6 cm³/mol. The Kier molecular flexibility index (Phi) is 4.63. The maximum Gasteiger partial charge on any atom is 0.309 e. The van der Waals surface area contributed by atoms with Gasteiger partial charge in [0.2, 0.25) is 0 Å². The Morgan fingerprint density at radius 1 is 1.27 bits per heavy atom. The molecule has 2 heterocycles. The highest BCUT2D eigenvalue weighted by Gasteiger charge is 2.32. The van der Waals surface area contributed by atoms with E-state index in [9.17, 15) is 4.79 Å². The first-order valence-electron chi connectivity index (χ1n) is 8.40. The van der Waals surface area contributed by atoms with Gasteiger partial charge >= 0.3 is 5.97 Å². The van der Waals surface area contributed by atoms with Crippen molar-refractivity contribution in [3.05, 3.63) is 46.5 Å². The van der Waals surface area contributed by atoms with Gasteiger partial charge in [-0.1, -0.05) is 42.3 Å². The fourth-order valence-electron chi connectivity index (χ4n) is 3.81. The molecular weight excluding hydrogens is 274 g/mol. The topological polar surface area (TPSA) is 29.5 Å². The zero-order chi connectivity index (χ0) is 15.5. The van der Waals surface area contributed by atoms with Crippen molar-refractivity contribution in [2.75, 3.05) is 19.7 Å². The van der Waals surface area contributed by atoms with E-state index in [-0.39, 0.29) is 5.97 Å². The van der Waals surface area contributed by atoms with Crippen molar-refractivity contribution in [3.8, 4) is 0 Å². The summed E-state index contributed by atoms with van der Waals surface area (Å²) in [5, 5.41) is 0. The Morgan fingerprint density at radius 2 is 2.09 bits per heavy atom. The average molecular weight is 299 g/mol. The molecule has 0 bridgehead atoms.